The highest BCUT2D eigenvalue weighted by molar-refractivity contribution is 14.1. The molecule has 1 rings (SSSR count). The SMILES string of the molecule is Clc1cc(Br)c(I)cc1Cl. The maximum atomic E-state index is 5.73. The van der Waals surface area contributed by atoms with Crippen LogP contribution in [-0.2, 0) is 0 Å². The van der Waals surface area contributed by atoms with Crippen molar-refractivity contribution in [1.82, 2.24) is 0 Å². The number of hydrogen-bond acceptors (Lipinski definition) is 0. The monoisotopic (exact) mass is 350 g/mol. The Morgan fingerprint density at radius 2 is 1.70 bits per heavy atom. The van der Waals surface area contributed by atoms with Gasteiger partial charge in [-0.15, -0.1) is 0 Å². The molecule has 0 nitrogen and oxygen atoms in total. The van der Waals surface area contributed by atoms with Crippen LogP contribution in [0.5, 0.6) is 0 Å². The molecule has 0 fully saturated rings. The van der Waals surface area contributed by atoms with Crippen LogP contribution in [0.3, 0.4) is 0 Å². The van der Waals surface area contributed by atoms with Crippen molar-refractivity contribution in [3.8, 4) is 0 Å². The van der Waals surface area contributed by atoms with E-state index in [-0.39, 0.29) is 0 Å². The van der Waals surface area contributed by atoms with E-state index in [0.717, 1.165) is 8.04 Å². The lowest BCUT2D eigenvalue weighted by Crippen LogP contribution is -1.75. The van der Waals surface area contributed by atoms with Gasteiger partial charge >= 0.3 is 0 Å². The smallest absolute Gasteiger partial charge is 0.0604 e. The lowest BCUT2D eigenvalue weighted by molar-refractivity contribution is 1.58. The number of rotatable bonds is 0. The summed E-state index contributed by atoms with van der Waals surface area (Å²) in [6.45, 7) is 0. The van der Waals surface area contributed by atoms with Crippen molar-refractivity contribution in [1.29, 1.82) is 0 Å². The van der Waals surface area contributed by atoms with E-state index in [0.29, 0.717) is 10.0 Å². The second-order valence-electron chi connectivity index (χ2n) is 1.68. The van der Waals surface area contributed by atoms with Crippen LogP contribution >= 0.6 is 61.7 Å². The topological polar surface area (TPSA) is 0 Å². The summed E-state index contributed by atoms with van der Waals surface area (Å²) >= 11 is 17.0. The van der Waals surface area contributed by atoms with E-state index in [1.54, 1.807) is 6.07 Å². The molecule has 0 aliphatic rings. The fourth-order valence-corrected chi connectivity index (χ4v) is 1.95. The zero-order valence-corrected chi connectivity index (χ0v) is 9.92. The van der Waals surface area contributed by atoms with Crippen LogP contribution < -0.4 is 0 Å². The Morgan fingerprint density at radius 3 is 2.20 bits per heavy atom. The van der Waals surface area contributed by atoms with Gasteiger partial charge in [0.25, 0.3) is 0 Å². The molecule has 4 heteroatoms. The Bertz CT molecular complexity index is 212. The van der Waals surface area contributed by atoms with Crippen molar-refractivity contribution in [3.05, 3.63) is 30.2 Å². The van der Waals surface area contributed by atoms with Gasteiger partial charge in [-0.1, -0.05) is 23.2 Å². The molecule has 0 aliphatic carbocycles. The van der Waals surface area contributed by atoms with Crippen LogP contribution in [-0.4, -0.2) is 0 Å². The zero-order valence-electron chi connectivity index (χ0n) is 4.67. The zero-order chi connectivity index (χ0) is 7.72. The molecular weight excluding hydrogens is 350 g/mol. The van der Waals surface area contributed by atoms with E-state index < -0.39 is 0 Å². The average molecular weight is 352 g/mol. The first-order chi connectivity index (χ1) is 4.61. The van der Waals surface area contributed by atoms with Gasteiger partial charge in [0.05, 0.1) is 10.0 Å². The van der Waals surface area contributed by atoms with Crippen molar-refractivity contribution in [3.63, 3.8) is 0 Å². The van der Waals surface area contributed by atoms with Gasteiger partial charge in [-0.2, -0.15) is 0 Å². The van der Waals surface area contributed by atoms with E-state index >= 15 is 0 Å². The third-order valence-corrected chi connectivity index (χ3v) is 3.98. The highest BCUT2D eigenvalue weighted by Gasteiger charge is 2.01. The lowest BCUT2D eigenvalue weighted by Gasteiger charge is -1.98. The normalized spacial score (nSPS) is 10.0. The molecule has 0 spiro atoms. The van der Waals surface area contributed by atoms with Crippen LogP contribution in [0.2, 0.25) is 10.0 Å². The van der Waals surface area contributed by atoms with Gasteiger partial charge in [0.15, 0.2) is 0 Å². The molecule has 1 aromatic rings. The quantitative estimate of drug-likeness (QED) is 0.481. The minimum atomic E-state index is 0.578. The van der Waals surface area contributed by atoms with Gasteiger partial charge in [-0.25, -0.2) is 0 Å². The van der Waals surface area contributed by atoms with E-state index in [2.05, 4.69) is 38.5 Å². The van der Waals surface area contributed by atoms with Crippen molar-refractivity contribution < 1.29 is 0 Å². The van der Waals surface area contributed by atoms with Crippen molar-refractivity contribution in [2.24, 2.45) is 0 Å². The second-order valence-corrected chi connectivity index (χ2v) is 4.51. The molecule has 1 aromatic carbocycles. The summed E-state index contributed by atoms with van der Waals surface area (Å²) in [5.41, 5.74) is 0. The van der Waals surface area contributed by atoms with Crippen LogP contribution in [0, 0.1) is 3.57 Å². The fourth-order valence-electron chi connectivity index (χ4n) is 0.498. The van der Waals surface area contributed by atoms with E-state index in [9.17, 15) is 0 Å². The summed E-state index contributed by atoms with van der Waals surface area (Å²) in [7, 11) is 0. The molecule has 0 aromatic heterocycles. The van der Waals surface area contributed by atoms with Crippen LogP contribution in [0.1, 0.15) is 0 Å². The maximum absolute atomic E-state index is 5.73. The van der Waals surface area contributed by atoms with Crippen molar-refractivity contribution in [2.45, 2.75) is 0 Å². The van der Waals surface area contributed by atoms with Gasteiger partial charge < -0.3 is 0 Å². The van der Waals surface area contributed by atoms with Gasteiger partial charge in [0.1, 0.15) is 0 Å². The Morgan fingerprint density at radius 1 is 1.20 bits per heavy atom. The van der Waals surface area contributed by atoms with Crippen LogP contribution in [0.25, 0.3) is 0 Å². The molecule has 0 saturated heterocycles. The van der Waals surface area contributed by atoms with Crippen LogP contribution in [0.4, 0.5) is 0 Å². The van der Waals surface area contributed by atoms with Gasteiger partial charge in [-0.05, 0) is 50.7 Å². The number of halogens is 4. The molecular formula is C6H2BrCl2I. The van der Waals surface area contributed by atoms with Crippen molar-refractivity contribution in [2.75, 3.05) is 0 Å². The molecule has 0 bridgehead atoms. The van der Waals surface area contributed by atoms with Gasteiger partial charge in [0, 0.05) is 8.04 Å². The minimum absolute atomic E-state index is 0.578. The lowest BCUT2D eigenvalue weighted by atomic mass is 10.4. The molecule has 54 valence electrons. The standard InChI is InChI=1S/C6H2BrCl2I/c7-3-1-4(8)5(9)2-6(3)10/h1-2H. The first kappa shape index (κ1) is 9.10. The molecule has 10 heavy (non-hydrogen) atoms. The molecule has 0 N–H and O–H groups in total. The van der Waals surface area contributed by atoms with E-state index in [1.165, 1.54) is 0 Å². The summed E-state index contributed by atoms with van der Waals surface area (Å²) in [6.07, 6.45) is 0. The second kappa shape index (κ2) is 3.61. The van der Waals surface area contributed by atoms with Crippen molar-refractivity contribution >= 4 is 61.7 Å². The largest absolute Gasteiger partial charge is 0.0827 e. The summed E-state index contributed by atoms with van der Waals surface area (Å²) in [6, 6.07) is 3.60. The molecule has 0 amide bonds. The Balaban J connectivity index is 3.28. The fraction of sp³-hybridized carbons (Fsp3) is 0. The molecule has 0 radical (unpaired) electrons. The predicted octanol–water partition coefficient (Wildman–Crippen LogP) is 4.36. The Hall–Kier alpha value is 1.01. The van der Waals surface area contributed by atoms with Crippen LogP contribution in [0.15, 0.2) is 16.6 Å². The average Bonchev–Trinajstić information content (AvgIpc) is 1.84. The van der Waals surface area contributed by atoms with E-state index in [1.807, 2.05) is 6.07 Å². The summed E-state index contributed by atoms with van der Waals surface area (Å²) in [5, 5.41) is 1.17. The molecule has 0 atom stereocenters. The first-order valence-corrected chi connectivity index (χ1v) is 5.04. The predicted molar refractivity (Wildman–Crippen MR) is 56.9 cm³/mol. The Labute approximate surface area is 91.2 Å². The third-order valence-electron chi connectivity index (χ3n) is 0.963. The summed E-state index contributed by atoms with van der Waals surface area (Å²) < 4.78 is 2.04. The Kier molecular flexibility index (Phi) is 3.28. The van der Waals surface area contributed by atoms with Gasteiger partial charge in [0.2, 0.25) is 0 Å². The minimum Gasteiger partial charge on any atom is -0.0827 e. The third kappa shape index (κ3) is 2.00. The highest BCUT2D eigenvalue weighted by Crippen LogP contribution is 2.29. The number of benzene rings is 1. The summed E-state index contributed by atoms with van der Waals surface area (Å²) in [4.78, 5) is 0. The first-order valence-electron chi connectivity index (χ1n) is 2.41. The molecule has 0 saturated carbocycles. The van der Waals surface area contributed by atoms with E-state index in [4.69, 9.17) is 23.2 Å². The molecule has 0 unspecified atom stereocenters. The molecule has 0 heterocycles. The highest BCUT2D eigenvalue weighted by atomic mass is 127. The summed E-state index contributed by atoms with van der Waals surface area (Å²) in [5.74, 6) is 0. The number of hydrogen-bond donors (Lipinski definition) is 0. The molecule has 0 aliphatic heterocycles. The maximum Gasteiger partial charge on any atom is 0.0604 e. The van der Waals surface area contributed by atoms with Gasteiger partial charge in [-0.3, -0.25) is 0 Å².